The van der Waals surface area contributed by atoms with Crippen LogP contribution in [0.5, 0.6) is 0 Å². The van der Waals surface area contributed by atoms with Crippen molar-refractivity contribution < 1.29 is 19.5 Å². The van der Waals surface area contributed by atoms with E-state index in [1.807, 2.05) is 13.8 Å². The second-order valence-corrected chi connectivity index (χ2v) is 7.70. The van der Waals surface area contributed by atoms with Gasteiger partial charge in [0.05, 0.1) is 16.5 Å². The predicted molar refractivity (Wildman–Crippen MR) is 102 cm³/mol. The lowest BCUT2D eigenvalue weighted by Crippen LogP contribution is -2.48. The summed E-state index contributed by atoms with van der Waals surface area (Å²) in [6.45, 7) is 4.29. The highest BCUT2D eigenvalue weighted by Gasteiger charge is 2.41. The van der Waals surface area contributed by atoms with Crippen molar-refractivity contribution >= 4 is 17.8 Å². The van der Waals surface area contributed by atoms with E-state index in [1.54, 1.807) is 24.3 Å². The second kappa shape index (κ2) is 7.80. The van der Waals surface area contributed by atoms with Gasteiger partial charge in [-0.1, -0.05) is 26.0 Å². The zero-order valence-electron chi connectivity index (χ0n) is 16.0. The highest BCUT2D eigenvalue weighted by Crippen LogP contribution is 2.32. The Kier molecular flexibility index (Phi) is 5.65. The Bertz CT molecular complexity index is 698. The highest BCUT2D eigenvalue weighted by atomic mass is 16.4. The first-order chi connectivity index (χ1) is 12.9. The number of carboxylic acid groups (broad SMARTS) is 1. The average Bonchev–Trinajstić information content (AvgIpc) is 2.94. The summed E-state index contributed by atoms with van der Waals surface area (Å²) in [5, 5.41) is 13.0. The van der Waals surface area contributed by atoms with Gasteiger partial charge in [-0.05, 0) is 50.7 Å². The van der Waals surface area contributed by atoms with E-state index in [-0.39, 0.29) is 23.9 Å². The molecule has 2 N–H and O–H groups in total. The molecular weight excluding hydrogens is 344 g/mol. The lowest BCUT2D eigenvalue weighted by atomic mass is 9.81. The topological polar surface area (TPSA) is 86.7 Å². The van der Waals surface area contributed by atoms with Crippen molar-refractivity contribution in [1.29, 1.82) is 0 Å². The van der Waals surface area contributed by atoms with Crippen molar-refractivity contribution in [2.75, 3.05) is 6.54 Å². The van der Waals surface area contributed by atoms with Gasteiger partial charge in [-0.3, -0.25) is 19.3 Å². The van der Waals surface area contributed by atoms with E-state index >= 15 is 0 Å². The lowest BCUT2D eigenvalue weighted by molar-refractivity contribution is -0.149. The molecule has 0 radical (unpaired) electrons. The number of imide groups is 1. The summed E-state index contributed by atoms with van der Waals surface area (Å²) < 4.78 is 0. The maximum absolute atomic E-state index is 12.6. The van der Waals surface area contributed by atoms with E-state index < -0.39 is 11.4 Å². The van der Waals surface area contributed by atoms with Crippen LogP contribution in [0.4, 0.5) is 0 Å². The molecule has 1 saturated carbocycles. The first kappa shape index (κ1) is 19.5. The Morgan fingerprint density at radius 2 is 1.59 bits per heavy atom. The van der Waals surface area contributed by atoms with Gasteiger partial charge in [-0.25, -0.2) is 0 Å². The number of hydrogen-bond acceptors (Lipinski definition) is 4. The number of aliphatic carboxylic acids is 1. The van der Waals surface area contributed by atoms with Gasteiger partial charge in [0.1, 0.15) is 0 Å². The van der Waals surface area contributed by atoms with E-state index in [4.69, 9.17) is 0 Å². The smallest absolute Gasteiger partial charge is 0.310 e. The normalized spacial score (nSPS) is 22.8. The number of amides is 2. The fourth-order valence-electron chi connectivity index (χ4n) is 4.30. The van der Waals surface area contributed by atoms with Crippen LogP contribution in [0.1, 0.15) is 73.1 Å². The molecule has 1 aliphatic carbocycles. The van der Waals surface area contributed by atoms with Crippen molar-refractivity contribution in [1.82, 2.24) is 10.2 Å². The Hall–Kier alpha value is -2.21. The van der Waals surface area contributed by atoms with E-state index in [0.29, 0.717) is 30.5 Å². The molecule has 2 amide bonds. The molecule has 1 fully saturated rings. The zero-order valence-corrected chi connectivity index (χ0v) is 16.0. The molecule has 1 aliphatic heterocycles. The number of carbonyl (C=O) groups is 3. The van der Waals surface area contributed by atoms with E-state index in [9.17, 15) is 19.5 Å². The summed E-state index contributed by atoms with van der Waals surface area (Å²) in [6, 6.07) is 7.15. The number of nitrogens with one attached hydrogen (secondary N) is 1. The standard InChI is InChI=1S/C21H28N2O4/c1-3-21(4-2,20(26)27)13-22-14-9-11-15(12-10-14)23-18(24)16-7-5-6-8-17(16)19(23)25/h5-8,14-15,22H,3-4,9-13H2,1-2H3,(H,26,27). The molecule has 0 bridgehead atoms. The number of fused-ring (bicyclic) bond motifs is 1. The van der Waals surface area contributed by atoms with Crippen LogP contribution in [0.2, 0.25) is 0 Å². The Labute approximate surface area is 159 Å². The van der Waals surface area contributed by atoms with Gasteiger partial charge in [0.2, 0.25) is 0 Å². The van der Waals surface area contributed by atoms with Crippen LogP contribution >= 0.6 is 0 Å². The first-order valence-corrected chi connectivity index (χ1v) is 9.87. The molecule has 1 aromatic rings. The van der Waals surface area contributed by atoms with Crippen LogP contribution in [-0.4, -0.2) is 46.4 Å². The Morgan fingerprint density at radius 1 is 1.07 bits per heavy atom. The molecule has 6 nitrogen and oxygen atoms in total. The third kappa shape index (κ3) is 3.50. The summed E-state index contributed by atoms with van der Waals surface area (Å²) >= 11 is 0. The third-order valence-corrected chi connectivity index (χ3v) is 6.42. The van der Waals surface area contributed by atoms with Gasteiger partial charge < -0.3 is 10.4 Å². The molecule has 0 aromatic heterocycles. The largest absolute Gasteiger partial charge is 0.481 e. The summed E-state index contributed by atoms with van der Waals surface area (Å²) in [5.74, 6) is -1.12. The van der Waals surface area contributed by atoms with Crippen LogP contribution in [0, 0.1) is 5.41 Å². The molecule has 1 aromatic carbocycles. The van der Waals surface area contributed by atoms with E-state index in [1.165, 1.54) is 4.90 Å². The van der Waals surface area contributed by atoms with Crippen molar-refractivity contribution in [3.05, 3.63) is 35.4 Å². The summed E-state index contributed by atoms with van der Waals surface area (Å²) in [5.41, 5.74) is 0.277. The summed E-state index contributed by atoms with van der Waals surface area (Å²) in [7, 11) is 0. The van der Waals surface area contributed by atoms with Crippen LogP contribution in [0.25, 0.3) is 0 Å². The van der Waals surface area contributed by atoms with Crippen LogP contribution < -0.4 is 5.32 Å². The van der Waals surface area contributed by atoms with Gasteiger partial charge in [-0.2, -0.15) is 0 Å². The van der Waals surface area contributed by atoms with Crippen molar-refractivity contribution in [2.24, 2.45) is 5.41 Å². The minimum atomic E-state index is -0.750. The van der Waals surface area contributed by atoms with Gasteiger partial charge in [0.25, 0.3) is 11.8 Å². The molecule has 0 atom stereocenters. The van der Waals surface area contributed by atoms with Crippen LogP contribution in [0.15, 0.2) is 24.3 Å². The molecule has 0 unspecified atom stereocenters. The minimum absolute atomic E-state index is 0.0722. The molecule has 2 aliphatic rings. The van der Waals surface area contributed by atoms with Gasteiger partial charge in [0, 0.05) is 18.6 Å². The maximum atomic E-state index is 12.6. The summed E-state index contributed by atoms with van der Waals surface area (Å²) in [6.07, 6.45) is 4.36. The average molecular weight is 372 g/mol. The summed E-state index contributed by atoms with van der Waals surface area (Å²) in [4.78, 5) is 38.3. The zero-order chi connectivity index (χ0) is 19.6. The molecule has 0 spiro atoms. The molecule has 0 saturated heterocycles. The number of benzene rings is 1. The molecule has 3 rings (SSSR count). The SMILES string of the molecule is CCC(CC)(CNC1CCC(N2C(=O)c3ccccc3C2=O)CC1)C(=O)O. The quantitative estimate of drug-likeness (QED) is 0.718. The number of hydrogen-bond donors (Lipinski definition) is 2. The predicted octanol–water partition coefficient (Wildman–Crippen LogP) is 3.07. The molecular formula is C21H28N2O4. The van der Waals surface area contributed by atoms with Crippen LogP contribution in [-0.2, 0) is 4.79 Å². The highest BCUT2D eigenvalue weighted by molar-refractivity contribution is 6.21. The molecule has 1 heterocycles. The number of rotatable bonds is 7. The van der Waals surface area contributed by atoms with Crippen molar-refractivity contribution in [3.63, 3.8) is 0 Å². The van der Waals surface area contributed by atoms with Crippen molar-refractivity contribution in [2.45, 2.75) is 64.5 Å². The maximum Gasteiger partial charge on any atom is 0.310 e. The van der Waals surface area contributed by atoms with Crippen molar-refractivity contribution in [3.8, 4) is 0 Å². The van der Waals surface area contributed by atoms with Gasteiger partial charge in [-0.15, -0.1) is 0 Å². The molecule has 146 valence electrons. The molecule has 27 heavy (non-hydrogen) atoms. The van der Waals surface area contributed by atoms with E-state index in [0.717, 1.165) is 25.7 Å². The second-order valence-electron chi connectivity index (χ2n) is 7.70. The lowest BCUT2D eigenvalue weighted by Gasteiger charge is -2.36. The first-order valence-electron chi connectivity index (χ1n) is 9.87. The fourth-order valence-corrected chi connectivity index (χ4v) is 4.30. The molecule has 6 heteroatoms. The number of carboxylic acids is 1. The van der Waals surface area contributed by atoms with Gasteiger partial charge in [0.15, 0.2) is 0 Å². The number of carbonyl (C=O) groups excluding carboxylic acids is 2. The number of nitrogens with zero attached hydrogens (tertiary/aromatic N) is 1. The monoisotopic (exact) mass is 372 g/mol. The third-order valence-electron chi connectivity index (χ3n) is 6.42. The van der Waals surface area contributed by atoms with Gasteiger partial charge >= 0.3 is 5.97 Å². The minimum Gasteiger partial charge on any atom is -0.481 e. The Balaban J connectivity index is 1.58. The van der Waals surface area contributed by atoms with Crippen LogP contribution in [0.3, 0.4) is 0 Å². The Morgan fingerprint density at radius 3 is 2.04 bits per heavy atom. The fraction of sp³-hybridized carbons (Fsp3) is 0.571. The van der Waals surface area contributed by atoms with E-state index in [2.05, 4.69) is 5.32 Å².